The van der Waals surface area contributed by atoms with Crippen LogP contribution in [-0.2, 0) is 0 Å². The van der Waals surface area contributed by atoms with Gasteiger partial charge in [0.15, 0.2) is 6.39 Å². The van der Waals surface area contributed by atoms with Gasteiger partial charge in [-0.2, -0.15) is 0 Å². The van der Waals surface area contributed by atoms with E-state index < -0.39 is 0 Å². The van der Waals surface area contributed by atoms with Gasteiger partial charge in [-0.3, -0.25) is 9.69 Å². The fourth-order valence-corrected chi connectivity index (χ4v) is 4.22. The molecule has 118 valence electrons. The molecule has 0 unspecified atom stereocenters. The molecule has 1 aromatic heterocycles. The van der Waals surface area contributed by atoms with E-state index in [1.807, 2.05) is 11.8 Å². The van der Waals surface area contributed by atoms with Crippen LogP contribution >= 0.6 is 0 Å². The SMILES string of the molecule is Cc1ncoc1C(=O)N1CCN(C[C@H]2C[C@@H]3C=C[C@H]2C3)CC1. The third-order valence-corrected chi connectivity index (χ3v) is 5.51. The number of rotatable bonds is 3. The Morgan fingerprint density at radius 1 is 1.27 bits per heavy atom. The van der Waals surface area contributed by atoms with Crippen LogP contribution in [0.15, 0.2) is 23.0 Å². The van der Waals surface area contributed by atoms with Gasteiger partial charge in [-0.15, -0.1) is 0 Å². The van der Waals surface area contributed by atoms with Crippen LogP contribution in [0.25, 0.3) is 0 Å². The highest BCUT2D eigenvalue weighted by atomic mass is 16.3. The molecule has 0 aromatic carbocycles. The van der Waals surface area contributed by atoms with Crippen molar-refractivity contribution < 1.29 is 9.21 Å². The highest BCUT2D eigenvalue weighted by Gasteiger charge is 2.37. The first kappa shape index (κ1) is 14.0. The maximum Gasteiger partial charge on any atom is 0.291 e. The van der Waals surface area contributed by atoms with Crippen molar-refractivity contribution in [2.24, 2.45) is 17.8 Å². The van der Waals surface area contributed by atoms with Crippen LogP contribution in [0.4, 0.5) is 0 Å². The van der Waals surface area contributed by atoms with E-state index in [9.17, 15) is 4.79 Å². The molecular weight excluding hydrogens is 278 g/mol. The molecule has 3 aliphatic rings. The number of allylic oxidation sites excluding steroid dienone is 2. The zero-order chi connectivity index (χ0) is 15.1. The Balaban J connectivity index is 1.30. The highest BCUT2D eigenvalue weighted by Crippen LogP contribution is 2.43. The zero-order valence-corrected chi connectivity index (χ0v) is 13.1. The number of hydrogen-bond acceptors (Lipinski definition) is 4. The third kappa shape index (κ3) is 2.47. The highest BCUT2D eigenvalue weighted by molar-refractivity contribution is 5.92. The number of oxazole rings is 1. The van der Waals surface area contributed by atoms with Crippen LogP contribution in [0.5, 0.6) is 0 Å². The van der Waals surface area contributed by atoms with E-state index in [2.05, 4.69) is 22.0 Å². The molecule has 0 radical (unpaired) electrons. The second kappa shape index (κ2) is 5.54. The van der Waals surface area contributed by atoms with Gasteiger partial charge in [0.25, 0.3) is 5.91 Å². The first-order chi connectivity index (χ1) is 10.7. The van der Waals surface area contributed by atoms with Crippen LogP contribution in [-0.4, -0.2) is 53.4 Å². The Morgan fingerprint density at radius 3 is 2.68 bits per heavy atom. The molecule has 2 bridgehead atoms. The summed E-state index contributed by atoms with van der Waals surface area (Å²) in [4.78, 5) is 20.8. The molecule has 3 atom stereocenters. The maximum absolute atomic E-state index is 12.4. The number of carbonyl (C=O) groups excluding carboxylic acids is 1. The summed E-state index contributed by atoms with van der Waals surface area (Å²) in [5.74, 6) is 2.85. The van der Waals surface area contributed by atoms with Gasteiger partial charge in [0.2, 0.25) is 5.76 Å². The van der Waals surface area contributed by atoms with Crippen molar-refractivity contribution >= 4 is 5.91 Å². The Morgan fingerprint density at radius 2 is 2.09 bits per heavy atom. The summed E-state index contributed by atoms with van der Waals surface area (Å²) in [5, 5.41) is 0. The van der Waals surface area contributed by atoms with E-state index in [1.165, 1.54) is 25.8 Å². The lowest BCUT2D eigenvalue weighted by Gasteiger charge is -2.36. The molecule has 0 spiro atoms. The van der Waals surface area contributed by atoms with E-state index in [0.29, 0.717) is 11.5 Å². The third-order valence-electron chi connectivity index (χ3n) is 5.51. The molecule has 5 heteroatoms. The average Bonchev–Trinajstić information content (AvgIpc) is 3.24. The van der Waals surface area contributed by atoms with Gasteiger partial charge in [0.1, 0.15) is 0 Å². The quantitative estimate of drug-likeness (QED) is 0.801. The molecule has 1 aliphatic heterocycles. The fraction of sp³-hybridized carbons (Fsp3) is 0.647. The minimum absolute atomic E-state index is 0.0162. The lowest BCUT2D eigenvalue weighted by Crippen LogP contribution is -2.50. The van der Waals surface area contributed by atoms with E-state index in [1.54, 1.807) is 0 Å². The summed E-state index contributed by atoms with van der Waals surface area (Å²) in [6.45, 7) is 6.52. The smallest absolute Gasteiger partial charge is 0.291 e. The van der Waals surface area contributed by atoms with Gasteiger partial charge in [-0.1, -0.05) is 12.2 Å². The average molecular weight is 301 g/mol. The topological polar surface area (TPSA) is 49.6 Å². The predicted molar refractivity (Wildman–Crippen MR) is 82.4 cm³/mol. The van der Waals surface area contributed by atoms with E-state index in [0.717, 1.165) is 43.9 Å². The lowest BCUT2D eigenvalue weighted by molar-refractivity contribution is 0.0579. The Kier molecular flexibility index (Phi) is 3.53. The molecule has 2 heterocycles. The number of fused-ring (bicyclic) bond motifs is 2. The Bertz CT molecular complexity index is 586. The van der Waals surface area contributed by atoms with Gasteiger partial charge in [0.05, 0.1) is 5.69 Å². The normalized spacial score (nSPS) is 31.1. The molecule has 1 aromatic rings. The Hall–Kier alpha value is -1.62. The number of nitrogens with zero attached hydrogens (tertiary/aromatic N) is 3. The molecule has 5 nitrogen and oxygen atoms in total. The van der Waals surface area contributed by atoms with E-state index in [-0.39, 0.29) is 5.91 Å². The fourth-order valence-electron chi connectivity index (χ4n) is 4.22. The van der Waals surface area contributed by atoms with E-state index in [4.69, 9.17) is 4.42 Å². The first-order valence-electron chi connectivity index (χ1n) is 8.31. The van der Waals surface area contributed by atoms with Gasteiger partial charge >= 0.3 is 0 Å². The molecule has 22 heavy (non-hydrogen) atoms. The minimum Gasteiger partial charge on any atom is -0.438 e. The summed E-state index contributed by atoms with van der Waals surface area (Å²) >= 11 is 0. The summed E-state index contributed by atoms with van der Waals surface area (Å²) < 4.78 is 5.22. The van der Waals surface area contributed by atoms with Crippen LogP contribution in [0.3, 0.4) is 0 Å². The molecule has 2 aliphatic carbocycles. The molecule has 1 saturated heterocycles. The second-order valence-corrected chi connectivity index (χ2v) is 6.90. The minimum atomic E-state index is -0.0162. The first-order valence-corrected chi connectivity index (χ1v) is 8.31. The summed E-state index contributed by atoms with van der Waals surface area (Å²) in [6.07, 6.45) is 8.90. The van der Waals surface area contributed by atoms with Crippen molar-refractivity contribution in [3.05, 3.63) is 30.0 Å². The summed E-state index contributed by atoms with van der Waals surface area (Å²) in [5.41, 5.74) is 0.682. The van der Waals surface area contributed by atoms with Crippen molar-refractivity contribution in [1.82, 2.24) is 14.8 Å². The maximum atomic E-state index is 12.4. The van der Waals surface area contributed by atoms with Crippen molar-refractivity contribution in [3.8, 4) is 0 Å². The summed E-state index contributed by atoms with van der Waals surface area (Å²) in [6, 6.07) is 0. The van der Waals surface area contributed by atoms with Gasteiger partial charge in [-0.25, -0.2) is 4.98 Å². The van der Waals surface area contributed by atoms with Crippen LogP contribution in [0, 0.1) is 24.7 Å². The van der Waals surface area contributed by atoms with Crippen LogP contribution in [0.2, 0.25) is 0 Å². The molecule has 1 saturated carbocycles. The predicted octanol–water partition coefficient (Wildman–Crippen LogP) is 1.95. The number of amides is 1. The molecule has 2 fully saturated rings. The van der Waals surface area contributed by atoms with Gasteiger partial charge in [-0.05, 0) is 37.5 Å². The van der Waals surface area contributed by atoms with Crippen molar-refractivity contribution in [1.29, 1.82) is 0 Å². The molecule has 0 N–H and O–H groups in total. The van der Waals surface area contributed by atoms with Crippen molar-refractivity contribution in [2.75, 3.05) is 32.7 Å². The number of aromatic nitrogens is 1. The monoisotopic (exact) mass is 301 g/mol. The lowest BCUT2D eigenvalue weighted by atomic mass is 9.93. The number of piperazine rings is 1. The van der Waals surface area contributed by atoms with Crippen molar-refractivity contribution in [3.63, 3.8) is 0 Å². The van der Waals surface area contributed by atoms with E-state index >= 15 is 0 Å². The zero-order valence-electron chi connectivity index (χ0n) is 13.1. The second-order valence-electron chi connectivity index (χ2n) is 6.90. The molecule has 1 amide bonds. The largest absolute Gasteiger partial charge is 0.438 e. The number of aryl methyl sites for hydroxylation is 1. The van der Waals surface area contributed by atoms with Gasteiger partial charge in [0, 0.05) is 32.7 Å². The standard InChI is InChI=1S/C17H23N3O2/c1-12-16(22-11-18-12)17(21)20-6-4-19(5-7-20)10-15-9-13-2-3-14(15)8-13/h2-3,11,13-15H,4-10H2,1H3/t13-,14+,15-/m1/s1. The molecular formula is C17H23N3O2. The Labute approximate surface area is 131 Å². The van der Waals surface area contributed by atoms with Crippen molar-refractivity contribution in [2.45, 2.75) is 19.8 Å². The van der Waals surface area contributed by atoms with Gasteiger partial charge < -0.3 is 9.32 Å². The van der Waals surface area contributed by atoms with Crippen LogP contribution < -0.4 is 0 Å². The number of carbonyl (C=O) groups is 1. The molecule has 4 rings (SSSR count). The summed E-state index contributed by atoms with van der Waals surface area (Å²) in [7, 11) is 0. The van der Waals surface area contributed by atoms with Crippen LogP contribution in [0.1, 0.15) is 29.1 Å². The number of hydrogen-bond donors (Lipinski definition) is 0.